The molecule has 0 aliphatic heterocycles. The molecule has 0 heterocycles. The molecule has 20 heavy (non-hydrogen) atoms. The molecule has 0 aliphatic carbocycles. The van der Waals surface area contributed by atoms with Gasteiger partial charge in [0.1, 0.15) is 0 Å². The molecule has 3 atom stereocenters. The molecule has 0 aromatic heterocycles. The molecule has 118 valence electrons. The third-order valence-electron chi connectivity index (χ3n) is 3.57. The van der Waals surface area contributed by atoms with Gasteiger partial charge in [-0.05, 0) is 24.2 Å². The molecule has 2 unspecified atom stereocenters. The Morgan fingerprint density at radius 2 is 1.85 bits per heavy atom. The third kappa shape index (κ3) is 8.15. The van der Waals surface area contributed by atoms with Crippen molar-refractivity contribution in [3.05, 3.63) is 0 Å². The maximum atomic E-state index is 11.8. The molecule has 0 bridgehead atoms. The molecule has 0 aromatic carbocycles. The molecule has 0 fully saturated rings. The Hall–Kier alpha value is -1.10. The molecule has 4 N–H and O–H groups in total. The topological polar surface area (TPSA) is 92.4 Å². The van der Waals surface area contributed by atoms with Crippen LogP contribution in [0.15, 0.2) is 0 Å². The van der Waals surface area contributed by atoms with Gasteiger partial charge in [-0.3, -0.25) is 9.59 Å². The van der Waals surface area contributed by atoms with Gasteiger partial charge in [0.2, 0.25) is 5.91 Å². The summed E-state index contributed by atoms with van der Waals surface area (Å²) in [5, 5.41) is 11.7. The summed E-state index contributed by atoms with van der Waals surface area (Å²) < 4.78 is 0. The number of nitrogens with one attached hydrogen (secondary N) is 1. The van der Waals surface area contributed by atoms with Crippen LogP contribution in [0.4, 0.5) is 0 Å². The van der Waals surface area contributed by atoms with E-state index in [1.54, 1.807) is 0 Å². The zero-order valence-electron chi connectivity index (χ0n) is 13.2. The Morgan fingerprint density at radius 1 is 1.25 bits per heavy atom. The summed E-state index contributed by atoms with van der Waals surface area (Å²) in [5.74, 6) is -0.496. The second-order valence-electron chi connectivity index (χ2n) is 6.11. The number of carboxylic acids is 1. The number of carbonyl (C=O) groups is 2. The Balaban J connectivity index is 4.35. The van der Waals surface area contributed by atoms with Crippen LogP contribution < -0.4 is 11.1 Å². The maximum Gasteiger partial charge on any atom is 0.303 e. The summed E-state index contributed by atoms with van der Waals surface area (Å²) in [6.07, 6.45) is 3.07. The number of rotatable bonds is 10. The predicted molar refractivity (Wildman–Crippen MR) is 80.3 cm³/mol. The molecule has 0 saturated heterocycles. The normalized spacial score (nSPS) is 15.7. The fourth-order valence-corrected chi connectivity index (χ4v) is 2.33. The summed E-state index contributed by atoms with van der Waals surface area (Å²) in [6, 6.07) is -0.534. The number of nitrogens with two attached hydrogens (primary N) is 1. The van der Waals surface area contributed by atoms with Gasteiger partial charge in [-0.25, -0.2) is 0 Å². The molecule has 1 amide bonds. The Labute approximate surface area is 122 Å². The predicted octanol–water partition coefficient (Wildman–Crippen LogP) is 2.00. The Morgan fingerprint density at radius 3 is 2.30 bits per heavy atom. The summed E-state index contributed by atoms with van der Waals surface area (Å²) in [7, 11) is 0. The van der Waals surface area contributed by atoms with Crippen LogP contribution in [-0.4, -0.2) is 29.6 Å². The molecule has 0 spiro atoms. The van der Waals surface area contributed by atoms with E-state index >= 15 is 0 Å². The summed E-state index contributed by atoms with van der Waals surface area (Å²) >= 11 is 0. The molecule has 5 heteroatoms. The molecule has 0 rings (SSSR count). The van der Waals surface area contributed by atoms with Crippen molar-refractivity contribution in [2.24, 2.45) is 23.5 Å². The quantitative estimate of drug-likeness (QED) is 0.572. The monoisotopic (exact) mass is 286 g/mol. The van der Waals surface area contributed by atoms with Crippen LogP contribution in [0.2, 0.25) is 0 Å². The molecule has 0 radical (unpaired) electrons. The van der Waals surface area contributed by atoms with Gasteiger partial charge in [0.15, 0.2) is 0 Å². The number of amides is 1. The van der Waals surface area contributed by atoms with Crippen molar-refractivity contribution in [2.75, 3.05) is 6.54 Å². The zero-order chi connectivity index (χ0) is 15.7. The first-order chi connectivity index (χ1) is 9.27. The third-order valence-corrected chi connectivity index (χ3v) is 3.57. The maximum absolute atomic E-state index is 11.8. The smallest absolute Gasteiger partial charge is 0.303 e. The van der Waals surface area contributed by atoms with E-state index in [0.29, 0.717) is 12.5 Å². The molecular weight excluding hydrogens is 256 g/mol. The molecule has 0 aromatic rings. The van der Waals surface area contributed by atoms with E-state index in [9.17, 15) is 9.59 Å². The van der Waals surface area contributed by atoms with Crippen LogP contribution >= 0.6 is 0 Å². The van der Waals surface area contributed by atoms with Gasteiger partial charge in [-0.1, -0.05) is 40.5 Å². The fraction of sp³-hybridized carbons (Fsp3) is 0.867. The number of carbonyl (C=O) groups excluding carboxylic acids is 1. The lowest BCUT2D eigenvalue weighted by atomic mass is 9.90. The van der Waals surface area contributed by atoms with Gasteiger partial charge >= 0.3 is 5.97 Å². The highest BCUT2D eigenvalue weighted by atomic mass is 16.4. The highest BCUT2D eigenvalue weighted by Gasteiger charge is 2.21. The minimum atomic E-state index is -0.818. The van der Waals surface area contributed by atoms with Crippen LogP contribution in [0.5, 0.6) is 0 Å². The van der Waals surface area contributed by atoms with Gasteiger partial charge in [0, 0.05) is 13.0 Å². The van der Waals surface area contributed by atoms with Crippen molar-refractivity contribution >= 4 is 11.9 Å². The minimum absolute atomic E-state index is 0.0302. The number of carboxylic acid groups (broad SMARTS) is 1. The second kappa shape index (κ2) is 9.75. The van der Waals surface area contributed by atoms with Crippen LogP contribution in [0, 0.1) is 17.8 Å². The first-order valence-electron chi connectivity index (χ1n) is 7.52. The molecular formula is C15H30N2O3. The average molecular weight is 286 g/mol. The van der Waals surface area contributed by atoms with E-state index in [-0.39, 0.29) is 24.2 Å². The molecule has 5 nitrogen and oxygen atoms in total. The lowest BCUT2D eigenvalue weighted by Crippen LogP contribution is -2.45. The van der Waals surface area contributed by atoms with E-state index in [0.717, 1.165) is 19.3 Å². The van der Waals surface area contributed by atoms with Gasteiger partial charge in [-0.2, -0.15) is 0 Å². The lowest BCUT2D eigenvalue weighted by molar-refractivity contribution is -0.138. The average Bonchev–Trinajstić information content (AvgIpc) is 2.34. The van der Waals surface area contributed by atoms with Crippen LogP contribution in [0.1, 0.15) is 53.4 Å². The first kappa shape index (κ1) is 18.9. The lowest BCUT2D eigenvalue weighted by Gasteiger charge is -2.22. The number of aliphatic carboxylic acids is 1. The Kier molecular flexibility index (Phi) is 9.21. The zero-order valence-corrected chi connectivity index (χ0v) is 13.2. The van der Waals surface area contributed by atoms with E-state index < -0.39 is 12.0 Å². The van der Waals surface area contributed by atoms with E-state index in [1.165, 1.54) is 0 Å². The van der Waals surface area contributed by atoms with Crippen molar-refractivity contribution < 1.29 is 14.7 Å². The molecule has 0 aliphatic rings. The minimum Gasteiger partial charge on any atom is -0.481 e. The number of hydrogen-bond acceptors (Lipinski definition) is 3. The molecule has 0 saturated carbocycles. The van der Waals surface area contributed by atoms with E-state index in [2.05, 4.69) is 19.2 Å². The van der Waals surface area contributed by atoms with Gasteiger partial charge in [0.25, 0.3) is 0 Å². The van der Waals surface area contributed by atoms with Crippen molar-refractivity contribution in [1.29, 1.82) is 0 Å². The van der Waals surface area contributed by atoms with E-state index in [1.807, 2.05) is 13.8 Å². The van der Waals surface area contributed by atoms with Gasteiger partial charge in [-0.15, -0.1) is 0 Å². The van der Waals surface area contributed by atoms with Crippen molar-refractivity contribution in [2.45, 2.75) is 59.4 Å². The van der Waals surface area contributed by atoms with Crippen LogP contribution in [0.3, 0.4) is 0 Å². The number of hydrogen-bond donors (Lipinski definition) is 3. The summed E-state index contributed by atoms with van der Waals surface area (Å²) in [6.45, 7) is 8.41. The van der Waals surface area contributed by atoms with Crippen LogP contribution in [0.25, 0.3) is 0 Å². The second-order valence-corrected chi connectivity index (χ2v) is 6.11. The summed E-state index contributed by atoms with van der Waals surface area (Å²) in [5.41, 5.74) is 5.77. The van der Waals surface area contributed by atoms with E-state index in [4.69, 9.17) is 10.8 Å². The highest BCUT2D eigenvalue weighted by Crippen LogP contribution is 2.19. The van der Waals surface area contributed by atoms with Crippen LogP contribution in [-0.2, 0) is 9.59 Å². The van der Waals surface area contributed by atoms with Crippen molar-refractivity contribution in [3.63, 3.8) is 0 Å². The fourth-order valence-electron chi connectivity index (χ4n) is 2.33. The standard InChI is InChI=1S/C15H30N2O3/c1-5-6-11(4)7-12(8-13(18)19)9-17-15(20)14(16)10(2)3/h10-12,14H,5-9,16H2,1-4H3,(H,17,20)(H,18,19)/t11?,12?,14-/m0/s1. The van der Waals surface area contributed by atoms with Gasteiger partial charge < -0.3 is 16.2 Å². The highest BCUT2D eigenvalue weighted by molar-refractivity contribution is 5.81. The largest absolute Gasteiger partial charge is 0.481 e. The Bertz CT molecular complexity index is 305. The van der Waals surface area contributed by atoms with Crippen molar-refractivity contribution in [3.8, 4) is 0 Å². The SMILES string of the molecule is CCCC(C)CC(CNC(=O)[C@@H](N)C(C)C)CC(=O)O. The summed E-state index contributed by atoms with van der Waals surface area (Å²) in [4.78, 5) is 22.7. The first-order valence-corrected chi connectivity index (χ1v) is 7.52. The van der Waals surface area contributed by atoms with Gasteiger partial charge in [0.05, 0.1) is 6.04 Å². The van der Waals surface area contributed by atoms with Crippen molar-refractivity contribution in [1.82, 2.24) is 5.32 Å².